The number of aryl methyl sites for hydroxylation is 1. The van der Waals surface area contributed by atoms with E-state index < -0.39 is 0 Å². The molecule has 0 aliphatic heterocycles. The van der Waals surface area contributed by atoms with E-state index in [1.54, 1.807) is 0 Å². The van der Waals surface area contributed by atoms with Crippen molar-refractivity contribution in [1.29, 1.82) is 0 Å². The predicted octanol–water partition coefficient (Wildman–Crippen LogP) is 3.50. The van der Waals surface area contributed by atoms with Crippen molar-refractivity contribution in [1.82, 2.24) is 10.5 Å². The van der Waals surface area contributed by atoms with Crippen molar-refractivity contribution in [3.8, 4) is 5.75 Å². The number of nitrogens with one attached hydrogen (secondary N) is 1. The Kier molecular flexibility index (Phi) is 4.45. The van der Waals surface area contributed by atoms with Crippen LogP contribution in [0.4, 0.5) is 0 Å². The maximum Gasteiger partial charge on any atom is 0.174 e. The van der Waals surface area contributed by atoms with Crippen LogP contribution < -0.4 is 10.1 Å². The molecule has 0 bridgehead atoms. The number of rotatable bonds is 5. The van der Waals surface area contributed by atoms with Crippen LogP contribution in [0.1, 0.15) is 30.0 Å². The number of aromatic nitrogens is 1. The van der Waals surface area contributed by atoms with Crippen LogP contribution in [0, 0.1) is 6.92 Å². The van der Waals surface area contributed by atoms with Gasteiger partial charge in [0, 0.05) is 22.7 Å². The van der Waals surface area contributed by atoms with Crippen LogP contribution in [0.5, 0.6) is 5.75 Å². The summed E-state index contributed by atoms with van der Waals surface area (Å²) in [6.07, 6.45) is 0. The average molecular weight is 281 g/mol. The molecule has 1 atom stereocenters. The van der Waals surface area contributed by atoms with Crippen molar-refractivity contribution in [2.24, 2.45) is 0 Å². The Morgan fingerprint density at radius 1 is 1.42 bits per heavy atom. The molecule has 2 aromatic rings. The van der Waals surface area contributed by atoms with E-state index >= 15 is 0 Å². The van der Waals surface area contributed by atoms with Crippen molar-refractivity contribution in [2.45, 2.75) is 26.5 Å². The van der Waals surface area contributed by atoms with Crippen LogP contribution in [0.3, 0.4) is 0 Å². The van der Waals surface area contributed by atoms with Crippen LogP contribution in [-0.2, 0) is 6.61 Å². The van der Waals surface area contributed by atoms with Gasteiger partial charge in [-0.1, -0.05) is 16.8 Å². The Balaban J connectivity index is 2.15. The van der Waals surface area contributed by atoms with Gasteiger partial charge in [0.1, 0.15) is 12.4 Å². The summed E-state index contributed by atoms with van der Waals surface area (Å²) < 4.78 is 10.9. The smallest absolute Gasteiger partial charge is 0.174 e. The largest absolute Gasteiger partial charge is 0.485 e. The molecule has 1 N–H and O–H groups in total. The molecule has 1 heterocycles. The van der Waals surface area contributed by atoms with Gasteiger partial charge in [-0.15, -0.1) is 0 Å². The molecule has 1 unspecified atom stereocenters. The molecule has 0 radical (unpaired) electrons. The zero-order valence-corrected chi connectivity index (χ0v) is 12.0. The van der Waals surface area contributed by atoms with Crippen LogP contribution in [0.2, 0.25) is 5.02 Å². The molecule has 1 aromatic heterocycles. The lowest BCUT2D eigenvalue weighted by Crippen LogP contribution is -2.13. The van der Waals surface area contributed by atoms with E-state index in [0.717, 1.165) is 17.0 Å². The summed E-state index contributed by atoms with van der Waals surface area (Å²) in [5.74, 6) is 1.50. The highest BCUT2D eigenvalue weighted by atomic mass is 35.5. The predicted molar refractivity (Wildman–Crippen MR) is 74.5 cm³/mol. The monoisotopic (exact) mass is 280 g/mol. The molecular formula is C14H17ClN2O2. The van der Waals surface area contributed by atoms with Gasteiger partial charge in [-0.05, 0) is 39.1 Å². The van der Waals surface area contributed by atoms with Crippen LogP contribution in [-0.4, -0.2) is 12.2 Å². The summed E-state index contributed by atoms with van der Waals surface area (Å²) in [7, 11) is 1.90. The molecule has 0 saturated heterocycles. The standard InChI is InChI=1S/C14H17ClN2O2/c1-9-6-12(19-17-9)8-18-14-5-4-11(15)7-13(14)10(2)16-3/h4-7,10,16H,8H2,1-3H3. The van der Waals surface area contributed by atoms with Crippen molar-refractivity contribution in [3.05, 3.63) is 46.3 Å². The highest BCUT2D eigenvalue weighted by Crippen LogP contribution is 2.28. The zero-order valence-electron chi connectivity index (χ0n) is 11.2. The SMILES string of the molecule is CNC(C)c1cc(Cl)ccc1OCc1cc(C)no1. The van der Waals surface area contributed by atoms with Crippen molar-refractivity contribution < 1.29 is 9.26 Å². The van der Waals surface area contributed by atoms with E-state index in [1.165, 1.54) is 0 Å². The minimum atomic E-state index is 0.158. The quantitative estimate of drug-likeness (QED) is 0.911. The van der Waals surface area contributed by atoms with Crippen LogP contribution in [0.25, 0.3) is 0 Å². The summed E-state index contributed by atoms with van der Waals surface area (Å²) in [4.78, 5) is 0. The van der Waals surface area contributed by atoms with Crippen molar-refractivity contribution >= 4 is 11.6 Å². The highest BCUT2D eigenvalue weighted by Gasteiger charge is 2.12. The van der Waals surface area contributed by atoms with Gasteiger partial charge in [-0.2, -0.15) is 0 Å². The first-order chi connectivity index (χ1) is 9.10. The van der Waals surface area contributed by atoms with E-state index in [-0.39, 0.29) is 6.04 Å². The topological polar surface area (TPSA) is 47.3 Å². The first-order valence-electron chi connectivity index (χ1n) is 6.12. The molecule has 0 aliphatic carbocycles. The molecule has 102 valence electrons. The number of hydrogen-bond acceptors (Lipinski definition) is 4. The maximum atomic E-state index is 6.03. The summed E-state index contributed by atoms with van der Waals surface area (Å²) in [6.45, 7) is 4.28. The fourth-order valence-corrected chi connectivity index (χ4v) is 1.96. The molecule has 0 amide bonds. The summed E-state index contributed by atoms with van der Waals surface area (Å²) in [5.41, 5.74) is 1.87. The van der Waals surface area contributed by atoms with Crippen molar-refractivity contribution in [2.75, 3.05) is 7.05 Å². The van der Waals surface area contributed by atoms with Crippen LogP contribution >= 0.6 is 11.6 Å². The molecule has 0 saturated carbocycles. The Labute approximate surface area is 117 Å². The van der Waals surface area contributed by atoms with Gasteiger partial charge in [0.15, 0.2) is 5.76 Å². The average Bonchev–Trinajstić information content (AvgIpc) is 2.82. The summed E-state index contributed by atoms with van der Waals surface area (Å²) >= 11 is 6.03. The molecule has 4 nitrogen and oxygen atoms in total. The van der Waals surface area contributed by atoms with E-state index in [0.29, 0.717) is 17.4 Å². The summed E-state index contributed by atoms with van der Waals surface area (Å²) in [5, 5.41) is 7.70. The van der Waals surface area contributed by atoms with E-state index in [1.807, 2.05) is 38.2 Å². The number of hydrogen-bond donors (Lipinski definition) is 1. The second-order valence-electron chi connectivity index (χ2n) is 4.42. The fraction of sp³-hybridized carbons (Fsp3) is 0.357. The van der Waals surface area contributed by atoms with E-state index in [2.05, 4.69) is 17.4 Å². The molecule has 1 aromatic carbocycles. The van der Waals surface area contributed by atoms with Gasteiger partial charge >= 0.3 is 0 Å². The number of benzene rings is 1. The Morgan fingerprint density at radius 3 is 2.84 bits per heavy atom. The molecule has 19 heavy (non-hydrogen) atoms. The lowest BCUT2D eigenvalue weighted by atomic mass is 10.1. The first kappa shape index (κ1) is 13.9. The Morgan fingerprint density at radius 2 is 2.21 bits per heavy atom. The van der Waals surface area contributed by atoms with Gasteiger partial charge in [0.05, 0.1) is 5.69 Å². The fourth-order valence-electron chi connectivity index (χ4n) is 1.78. The van der Waals surface area contributed by atoms with Crippen LogP contribution in [0.15, 0.2) is 28.8 Å². The van der Waals surface area contributed by atoms with Gasteiger partial charge in [0.25, 0.3) is 0 Å². The molecule has 0 spiro atoms. The molecule has 0 aliphatic rings. The number of ether oxygens (including phenoxy) is 1. The lowest BCUT2D eigenvalue weighted by Gasteiger charge is -2.16. The van der Waals surface area contributed by atoms with Gasteiger partial charge in [0.2, 0.25) is 0 Å². The van der Waals surface area contributed by atoms with Gasteiger partial charge in [-0.25, -0.2) is 0 Å². The normalized spacial score (nSPS) is 12.4. The third-order valence-corrected chi connectivity index (χ3v) is 3.15. The van der Waals surface area contributed by atoms with Crippen molar-refractivity contribution in [3.63, 3.8) is 0 Å². The number of halogens is 1. The molecule has 0 fully saturated rings. The molecule has 5 heteroatoms. The van der Waals surface area contributed by atoms with Gasteiger partial charge < -0.3 is 14.6 Å². The lowest BCUT2D eigenvalue weighted by molar-refractivity contribution is 0.245. The number of nitrogens with zero attached hydrogens (tertiary/aromatic N) is 1. The van der Waals surface area contributed by atoms with E-state index in [4.69, 9.17) is 20.9 Å². The second-order valence-corrected chi connectivity index (χ2v) is 4.85. The highest BCUT2D eigenvalue weighted by molar-refractivity contribution is 6.30. The summed E-state index contributed by atoms with van der Waals surface area (Å²) in [6, 6.07) is 7.61. The Hall–Kier alpha value is -1.52. The van der Waals surface area contributed by atoms with E-state index in [9.17, 15) is 0 Å². The molecular weight excluding hydrogens is 264 g/mol. The van der Waals surface area contributed by atoms with Gasteiger partial charge in [-0.3, -0.25) is 0 Å². The minimum Gasteiger partial charge on any atom is -0.485 e. The third kappa shape index (κ3) is 3.49. The Bertz CT molecular complexity index is 554. The molecule has 2 rings (SSSR count). The third-order valence-electron chi connectivity index (χ3n) is 2.92. The zero-order chi connectivity index (χ0) is 13.8. The maximum absolute atomic E-state index is 6.03. The second kappa shape index (κ2) is 6.08. The minimum absolute atomic E-state index is 0.158. The first-order valence-corrected chi connectivity index (χ1v) is 6.49.